The van der Waals surface area contributed by atoms with Crippen molar-refractivity contribution in [1.82, 2.24) is 9.88 Å². The van der Waals surface area contributed by atoms with E-state index in [4.69, 9.17) is 20.2 Å². The van der Waals surface area contributed by atoms with Gasteiger partial charge in [0.1, 0.15) is 16.5 Å². The number of hydrogen-bond donors (Lipinski definition) is 1. The topological polar surface area (TPSA) is 77.7 Å². The van der Waals surface area contributed by atoms with E-state index < -0.39 is 5.91 Å². The number of aromatic nitrogens is 1. The number of likely N-dealkylation sites (tertiary alicyclic amines) is 1. The predicted octanol–water partition coefficient (Wildman–Crippen LogP) is 4.26. The molecule has 0 spiro atoms. The van der Waals surface area contributed by atoms with Gasteiger partial charge in [0.05, 0.1) is 19.9 Å². The number of carbonyl (C=O) groups excluding carboxylic acids is 1. The molecular weight excluding hydrogens is 398 g/mol. The van der Waals surface area contributed by atoms with Crippen molar-refractivity contribution < 1.29 is 14.3 Å². The molecule has 6 nitrogen and oxygen atoms in total. The molecule has 1 unspecified atom stereocenters. The van der Waals surface area contributed by atoms with Crippen molar-refractivity contribution in [3.8, 4) is 22.1 Å². The molecule has 3 aromatic rings. The molecule has 0 saturated carbocycles. The lowest BCUT2D eigenvalue weighted by molar-refractivity contribution is 0.100. The highest BCUT2D eigenvalue weighted by atomic mass is 32.1. The molecule has 4 rings (SSSR count). The van der Waals surface area contributed by atoms with Crippen molar-refractivity contribution >= 4 is 17.2 Å². The number of methoxy groups -OCH3 is 2. The van der Waals surface area contributed by atoms with Gasteiger partial charge in [-0.05, 0) is 49.7 Å². The van der Waals surface area contributed by atoms with Gasteiger partial charge in [-0.2, -0.15) is 0 Å². The van der Waals surface area contributed by atoms with Crippen LogP contribution in [0.3, 0.4) is 0 Å². The Morgan fingerprint density at radius 1 is 1.20 bits per heavy atom. The van der Waals surface area contributed by atoms with Crippen molar-refractivity contribution in [3.05, 3.63) is 64.7 Å². The Bertz CT molecular complexity index is 1030. The van der Waals surface area contributed by atoms with Crippen LogP contribution in [0.15, 0.2) is 47.8 Å². The van der Waals surface area contributed by atoms with E-state index in [0.717, 1.165) is 59.3 Å². The Morgan fingerprint density at radius 2 is 2.00 bits per heavy atom. The average Bonchev–Trinajstić information content (AvgIpc) is 3.43. The van der Waals surface area contributed by atoms with E-state index >= 15 is 0 Å². The van der Waals surface area contributed by atoms with Crippen LogP contribution in [0.4, 0.5) is 0 Å². The highest BCUT2D eigenvalue weighted by Crippen LogP contribution is 2.39. The Kier molecular flexibility index (Phi) is 6.01. The first kappa shape index (κ1) is 20.4. The van der Waals surface area contributed by atoms with E-state index in [0.29, 0.717) is 5.56 Å². The number of nitrogens with two attached hydrogens (primary N) is 1. The van der Waals surface area contributed by atoms with Crippen LogP contribution in [0.2, 0.25) is 0 Å². The van der Waals surface area contributed by atoms with Crippen LogP contribution < -0.4 is 15.2 Å². The van der Waals surface area contributed by atoms with Gasteiger partial charge in [0, 0.05) is 34.7 Å². The zero-order valence-electron chi connectivity index (χ0n) is 17.1. The molecule has 0 radical (unpaired) electrons. The number of benzene rings is 2. The van der Waals surface area contributed by atoms with E-state index in [9.17, 15) is 4.79 Å². The third kappa shape index (κ3) is 4.17. The number of carbonyl (C=O) groups is 1. The summed E-state index contributed by atoms with van der Waals surface area (Å²) >= 11 is 1.61. The minimum atomic E-state index is -0.422. The van der Waals surface area contributed by atoms with Crippen LogP contribution in [0.25, 0.3) is 10.6 Å². The molecule has 1 amide bonds. The highest BCUT2D eigenvalue weighted by molar-refractivity contribution is 7.13. The normalized spacial score (nSPS) is 16.5. The first-order valence-corrected chi connectivity index (χ1v) is 10.8. The summed E-state index contributed by atoms with van der Waals surface area (Å²) in [4.78, 5) is 18.5. The van der Waals surface area contributed by atoms with Crippen LogP contribution in [-0.2, 0) is 6.54 Å². The van der Waals surface area contributed by atoms with Gasteiger partial charge in [-0.3, -0.25) is 9.69 Å². The number of primary amides is 1. The van der Waals surface area contributed by atoms with E-state index in [1.165, 1.54) is 0 Å². The molecule has 1 atom stereocenters. The summed E-state index contributed by atoms with van der Waals surface area (Å²) in [6.07, 6.45) is 2.21. The summed E-state index contributed by atoms with van der Waals surface area (Å²) in [7, 11) is 3.39. The summed E-state index contributed by atoms with van der Waals surface area (Å²) < 4.78 is 11.0. The molecule has 1 aliphatic heterocycles. The second-order valence-corrected chi connectivity index (χ2v) is 8.18. The quantitative estimate of drug-likeness (QED) is 0.614. The van der Waals surface area contributed by atoms with E-state index in [-0.39, 0.29) is 6.04 Å². The zero-order valence-corrected chi connectivity index (χ0v) is 17.9. The molecule has 2 heterocycles. The minimum Gasteiger partial charge on any atom is -0.497 e. The standard InChI is InChI=1S/C23H25N3O3S/c1-28-18-9-10-21(29-2)19(12-18)20-4-3-11-26(20)13-17-14-30-23(25-17)16-7-5-15(6-8-16)22(24)27/h5-10,12,14,20H,3-4,11,13H2,1-2H3,(H2,24,27). The maximum absolute atomic E-state index is 11.3. The third-order valence-corrected chi connectivity index (χ3v) is 6.43. The second kappa shape index (κ2) is 8.85. The lowest BCUT2D eigenvalue weighted by Gasteiger charge is -2.25. The van der Waals surface area contributed by atoms with Crippen LogP contribution in [0.5, 0.6) is 11.5 Å². The first-order valence-electron chi connectivity index (χ1n) is 9.89. The van der Waals surface area contributed by atoms with Crippen molar-refractivity contribution in [2.75, 3.05) is 20.8 Å². The molecule has 0 aliphatic carbocycles. The Balaban J connectivity index is 1.53. The lowest BCUT2D eigenvalue weighted by Crippen LogP contribution is -2.23. The first-order chi connectivity index (χ1) is 14.6. The molecule has 1 fully saturated rings. The van der Waals surface area contributed by atoms with Crippen LogP contribution in [0, 0.1) is 0 Å². The van der Waals surface area contributed by atoms with Crippen molar-refractivity contribution in [1.29, 1.82) is 0 Å². The molecule has 1 saturated heterocycles. The Labute approximate surface area is 180 Å². The lowest BCUT2D eigenvalue weighted by atomic mass is 10.0. The number of thiazole rings is 1. The molecular formula is C23H25N3O3S. The average molecular weight is 424 g/mol. The molecule has 1 aliphatic rings. The van der Waals surface area contributed by atoms with Gasteiger partial charge in [-0.15, -0.1) is 11.3 Å². The van der Waals surface area contributed by atoms with Gasteiger partial charge in [-0.1, -0.05) is 12.1 Å². The Morgan fingerprint density at radius 3 is 2.70 bits per heavy atom. The number of nitrogens with zero attached hydrogens (tertiary/aromatic N) is 2. The SMILES string of the molecule is COc1ccc(OC)c(C2CCCN2Cc2csc(-c3ccc(C(N)=O)cc3)n2)c1. The zero-order chi connectivity index (χ0) is 21.1. The van der Waals surface area contributed by atoms with Gasteiger partial charge in [-0.25, -0.2) is 4.98 Å². The monoisotopic (exact) mass is 423 g/mol. The molecule has 0 bridgehead atoms. The number of hydrogen-bond acceptors (Lipinski definition) is 6. The van der Waals surface area contributed by atoms with Crippen LogP contribution in [0.1, 0.15) is 40.5 Å². The molecule has 1 aromatic heterocycles. The smallest absolute Gasteiger partial charge is 0.248 e. The largest absolute Gasteiger partial charge is 0.497 e. The van der Waals surface area contributed by atoms with Gasteiger partial charge < -0.3 is 15.2 Å². The maximum atomic E-state index is 11.3. The van der Waals surface area contributed by atoms with E-state index in [1.54, 1.807) is 37.7 Å². The molecule has 156 valence electrons. The number of ether oxygens (including phenoxy) is 2. The summed E-state index contributed by atoms with van der Waals surface area (Å²) in [6.45, 7) is 1.80. The summed E-state index contributed by atoms with van der Waals surface area (Å²) in [5, 5.41) is 3.05. The fourth-order valence-electron chi connectivity index (χ4n) is 3.96. The second-order valence-electron chi connectivity index (χ2n) is 7.32. The van der Waals surface area contributed by atoms with Gasteiger partial charge in [0.15, 0.2) is 0 Å². The minimum absolute atomic E-state index is 0.273. The summed E-state index contributed by atoms with van der Waals surface area (Å²) in [5.41, 5.74) is 9.02. The molecule has 7 heteroatoms. The summed E-state index contributed by atoms with van der Waals surface area (Å²) in [5.74, 6) is 1.31. The van der Waals surface area contributed by atoms with Crippen LogP contribution in [-0.4, -0.2) is 36.6 Å². The molecule has 30 heavy (non-hydrogen) atoms. The third-order valence-electron chi connectivity index (χ3n) is 5.49. The van der Waals surface area contributed by atoms with Gasteiger partial charge >= 0.3 is 0 Å². The van der Waals surface area contributed by atoms with E-state index in [1.807, 2.05) is 24.3 Å². The summed E-state index contributed by atoms with van der Waals surface area (Å²) in [6, 6.07) is 13.5. The Hall–Kier alpha value is -2.90. The predicted molar refractivity (Wildman–Crippen MR) is 118 cm³/mol. The maximum Gasteiger partial charge on any atom is 0.248 e. The fraction of sp³-hybridized carbons (Fsp3) is 0.304. The van der Waals surface area contributed by atoms with Crippen molar-refractivity contribution in [3.63, 3.8) is 0 Å². The van der Waals surface area contributed by atoms with Crippen LogP contribution >= 0.6 is 11.3 Å². The van der Waals surface area contributed by atoms with Crippen molar-refractivity contribution in [2.24, 2.45) is 5.73 Å². The van der Waals surface area contributed by atoms with Gasteiger partial charge in [0.2, 0.25) is 5.91 Å². The fourth-order valence-corrected chi connectivity index (χ4v) is 4.78. The van der Waals surface area contributed by atoms with Gasteiger partial charge in [0.25, 0.3) is 0 Å². The molecule has 2 aromatic carbocycles. The van der Waals surface area contributed by atoms with Crippen molar-refractivity contribution in [2.45, 2.75) is 25.4 Å². The molecule has 2 N–H and O–H groups in total. The number of rotatable bonds is 7. The highest BCUT2D eigenvalue weighted by Gasteiger charge is 2.29. The van der Waals surface area contributed by atoms with E-state index in [2.05, 4.69) is 16.3 Å². The number of amides is 1.